The van der Waals surface area contributed by atoms with Crippen LogP contribution in [0.15, 0.2) is 36.4 Å². The summed E-state index contributed by atoms with van der Waals surface area (Å²) in [7, 11) is 0. The molecule has 1 heterocycles. The van der Waals surface area contributed by atoms with Gasteiger partial charge in [-0.25, -0.2) is 0 Å². The number of hydrogen-bond donors (Lipinski definition) is 0. The van der Waals surface area contributed by atoms with Gasteiger partial charge in [0.25, 0.3) is 0 Å². The van der Waals surface area contributed by atoms with Crippen molar-refractivity contribution in [3.8, 4) is 0 Å². The van der Waals surface area contributed by atoms with Crippen LogP contribution in [-0.4, -0.2) is 20.9 Å². The third kappa shape index (κ3) is 7.11. The van der Waals surface area contributed by atoms with Crippen molar-refractivity contribution in [2.24, 2.45) is 0 Å². The molecule has 142 valence electrons. The van der Waals surface area contributed by atoms with Crippen LogP contribution < -0.4 is 0 Å². The molecule has 0 radical (unpaired) electrons. The maximum Gasteiger partial charge on any atom is 0.248 e. The summed E-state index contributed by atoms with van der Waals surface area (Å²) >= 11 is 0. The van der Waals surface area contributed by atoms with E-state index in [1.165, 1.54) is 62.5 Å². The zero-order valence-corrected chi connectivity index (χ0v) is 16.2. The van der Waals surface area contributed by atoms with Gasteiger partial charge in [-0.2, -0.15) is 4.68 Å². The number of unbranched alkanes of at least 4 members (excludes halogenated alkanes) is 9. The Morgan fingerprint density at radius 2 is 1.58 bits per heavy atom. The van der Waals surface area contributed by atoms with Crippen molar-refractivity contribution in [3.63, 3.8) is 0 Å². The molecule has 0 amide bonds. The molecule has 0 spiro atoms. The predicted molar refractivity (Wildman–Crippen MR) is 108 cm³/mol. The van der Waals surface area contributed by atoms with Crippen LogP contribution in [0.3, 0.4) is 0 Å². The quantitative estimate of drug-likeness (QED) is 0.311. The molecule has 2 aromatic rings. The molecule has 0 N–H and O–H groups in total. The Bertz CT molecular complexity index is 675. The number of carbonyl (C=O) groups is 1. The molecule has 0 atom stereocenters. The van der Waals surface area contributed by atoms with Crippen LogP contribution in [-0.2, 0) is 0 Å². The third-order valence-corrected chi connectivity index (χ3v) is 4.74. The van der Waals surface area contributed by atoms with E-state index in [0.29, 0.717) is 6.42 Å². The van der Waals surface area contributed by atoms with E-state index in [9.17, 15) is 4.79 Å². The number of hydrogen-bond acceptors (Lipinski definition) is 3. The second kappa shape index (κ2) is 12.4. The zero-order chi connectivity index (χ0) is 18.5. The van der Waals surface area contributed by atoms with Gasteiger partial charge in [0.2, 0.25) is 5.91 Å². The highest BCUT2D eigenvalue weighted by Crippen LogP contribution is 2.13. The maximum atomic E-state index is 12.3. The molecule has 0 unspecified atom stereocenters. The number of carbonyl (C=O) groups excluding carboxylic acids is 1. The molecule has 0 fully saturated rings. The van der Waals surface area contributed by atoms with Crippen LogP contribution in [0.2, 0.25) is 0 Å². The number of para-hydroxylation sites is 1. The zero-order valence-electron chi connectivity index (χ0n) is 16.2. The van der Waals surface area contributed by atoms with Crippen molar-refractivity contribution >= 4 is 16.9 Å². The molecule has 4 heteroatoms. The molecule has 1 aromatic carbocycles. The van der Waals surface area contributed by atoms with Crippen molar-refractivity contribution < 1.29 is 4.79 Å². The van der Waals surface area contributed by atoms with E-state index in [-0.39, 0.29) is 5.91 Å². The standard InChI is InChI=1S/C22H33N3O/c1-2-3-4-5-6-7-8-9-10-11-12-13-14-19-22(26)25-21-18-16-15-17-20(21)23-24-25/h6-7,15-18H,2-5,8-14,19H2,1H3/b7-6+. The van der Waals surface area contributed by atoms with Crippen LogP contribution >= 0.6 is 0 Å². The minimum Gasteiger partial charge on any atom is -0.273 e. The van der Waals surface area contributed by atoms with Crippen LogP contribution in [0.1, 0.15) is 88.8 Å². The number of benzene rings is 1. The van der Waals surface area contributed by atoms with Crippen molar-refractivity contribution in [1.29, 1.82) is 0 Å². The number of allylic oxidation sites excluding steroid dienone is 2. The van der Waals surface area contributed by atoms with Gasteiger partial charge in [-0.1, -0.05) is 74.9 Å². The monoisotopic (exact) mass is 355 g/mol. The van der Waals surface area contributed by atoms with Gasteiger partial charge in [0, 0.05) is 6.42 Å². The second-order valence-corrected chi connectivity index (χ2v) is 7.01. The van der Waals surface area contributed by atoms with Crippen molar-refractivity contribution in [3.05, 3.63) is 36.4 Å². The van der Waals surface area contributed by atoms with E-state index in [0.717, 1.165) is 23.9 Å². The van der Waals surface area contributed by atoms with E-state index in [1.54, 1.807) is 0 Å². The van der Waals surface area contributed by atoms with Crippen LogP contribution in [0.4, 0.5) is 0 Å². The van der Waals surface area contributed by atoms with Gasteiger partial charge in [-0.05, 0) is 44.2 Å². The Hall–Kier alpha value is -1.97. The van der Waals surface area contributed by atoms with Gasteiger partial charge in [0.15, 0.2) is 0 Å². The fourth-order valence-electron chi connectivity index (χ4n) is 3.15. The summed E-state index contributed by atoms with van der Waals surface area (Å²) in [4.78, 5) is 12.3. The summed E-state index contributed by atoms with van der Waals surface area (Å²) in [5.41, 5.74) is 1.58. The molecule has 0 saturated carbocycles. The first-order chi connectivity index (χ1) is 12.8. The predicted octanol–water partition coefficient (Wildman–Crippen LogP) is 6.33. The second-order valence-electron chi connectivity index (χ2n) is 7.01. The first-order valence-corrected chi connectivity index (χ1v) is 10.3. The van der Waals surface area contributed by atoms with Crippen LogP contribution in [0.25, 0.3) is 11.0 Å². The normalized spacial score (nSPS) is 11.6. The van der Waals surface area contributed by atoms with Gasteiger partial charge < -0.3 is 0 Å². The first kappa shape index (κ1) is 20.3. The van der Waals surface area contributed by atoms with Crippen molar-refractivity contribution in [2.45, 2.75) is 84.0 Å². The molecular weight excluding hydrogens is 322 g/mol. The van der Waals surface area contributed by atoms with Gasteiger partial charge in [-0.3, -0.25) is 4.79 Å². The average molecular weight is 356 g/mol. The Morgan fingerprint density at radius 3 is 2.35 bits per heavy atom. The maximum absolute atomic E-state index is 12.3. The highest BCUT2D eigenvalue weighted by atomic mass is 16.2. The molecular formula is C22H33N3O. The lowest BCUT2D eigenvalue weighted by molar-refractivity contribution is 0.0886. The molecule has 0 aliphatic rings. The molecule has 0 aliphatic carbocycles. The molecule has 2 rings (SSSR count). The average Bonchev–Trinajstić information content (AvgIpc) is 3.09. The largest absolute Gasteiger partial charge is 0.273 e. The van der Waals surface area contributed by atoms with Crippen molar-refractivity contribution in [2.75, 3.05) is 0 Å². The minimum absolute atomic E-state index is 0.0481. The highest BCUT2D eigenvalue weighted by molar-refractivity contribution is 5.88. The summed E-state index contributed by atoms with van der Waals surface area (Å²) in [5, 5.41) is 8.03. The number of aromatic nitrogens is 3. The summed E-state index contributed by atoms with van der Waals surface area (Å²) in [5.74, 6) is 0.0481. The molecule has 0 aliphatic heterocycles. The lowest BCUT2D eigenvalue weighted by Gasteiger charge is -2.02. The minimum atomic E-state index is 0.0481. The molecule has 0 saturated heterocycles. The van der Waals surface area contributed by atoms with E-state index >= 15 is 0 Å². The Labute approximate surface area is 157 Å². The summed E-state index contributed by atoms with van der Waals surface area (Å²) in [6, 6.07) is 7.60. The molecule has 0 bridgehead atoms. The van der Waals surface area contributed by atoms with E-state index in [2.05, 4.69) is 29.4 Å². The van der Waals surface area contributed by atoms with E-state index in [4.69, 9.17) is 0 Å². The first-order valence-electron chi connectivity index (χ1n) is 10.3. The van der Waals surface area contributed by atoms with Gasteiger partial charge in [0.05, 0.1) is 5.52 Å². The van der Waals surface area contributed by atoms with E-state index in [1.807, 2.05) is 24.3 Å². The topological polar surface area (TPSA) is 47.8 Å². The lowest BCUT2D eigenvalue weighted by atomic mass is 10.1. The van der Waals surface area contributed by atoms with Crippen LogP contribution in [0.5, 0.6) is 0 Å². The Morgan fingerprint density at radius 1 is 0.923 bits per heavy atom. The van der Waals surface area contributed by atoms with Crippen LogP contribution in [0, 0.1) is 0 Å². The molecule has 26 heavy (non-hydrogen) atoms. The smallest absolute Gasteiger partial charge is 0.248 e. The fraction of sp³-hybridized carbons (Fsp3) is 0.591. The Balaban J connectivity index is 1.49. The number of nitrogens with zero attached hydrogens (tertiary/aromatic N) is 3. The molecule has 1 aromatic heterocycles. The number of rotatable bonds is 13. The summed E-state index contributed by atoms with van der Waals surface area (Å²) < 4.78 is 1.45. The highest BCUT2D eigenvalue weighted by Gasteiger charge is 2.10. The SMILES string of the molecule is CCCCC/C=C/CCCCCCCCC(=O)n1nnc2ccccc21. The Kier molecular flexibility index (Phi) is 9.70. The van der Waals surface area contributed by atoms with Gasteiger partial charge >= 0.3 is 0 Å². The van der Waals surface area contributed by atoms with Gasteiger partial charge in [-0.15, -0.1) is 5.10 Å². The fourth-order valence-corrected chi connectivity index (χ4v) is 3.15. The summed E-state index contributed by atoms with van der Waals surface area (Å²) in [6.45, 7) is 2.25. The van der Waals surface area contributed by atoms with Crippen molar-refractivity contribution in [1.82, 2.24) is 15.0 Å². The summed E-state index contributed by atoms with van der Waals surface area (Å²) in [6.07, 6.45) is 18.8. The molecule has 4 nitrogen and oxygen atoms in total. The van der Waals surface area contributed by atoms with Gasteiger partial charge in [0.1, 0.15) is 5.52 Å². The third-order valence-electron chi connectivity index (χ3n) is 4.74. The lowest BCUT2D eigenvalue weighted by Crippen LogP contribution is -2.12. The number of fused-ring (bicyclic) bond motifs is 1. The van der Waals surface area contributed by atoms with E-state index < -0.39 is 0 Å².